The van der Waals surface area contributed by atoms with E-state index in [9.17, 15) is 0 Å². The molecule has 41 heavy (non-hydrogen) atoms. The Kier molecular flexibility index (Phi) is 15.2. The highest BCUT2D eigenvalue weighted by Gasteiger charge is 2.14. The van der Waals surface area contributed by atoms with Crippen molar-refractivity contribution in [1.29, 1.82) is 0 Å². The predicted octanol–water partition coefficient (Wildman–Crippen LogP) is 15.1. The van der Waals surface area contributed by atoms with Gasteiger partial charge in [-0.2, -0.15) is 0 Å². The molecule has 0 aliphatic rings. The number of hydrogen-bond donors (Lipinski definition) is 0. The van der Waals surface area contributed by atoms with Gasteiger partial charge in [0.25, 0.3) is 0 Å². The summed E-state index contributed by atoms with van der Waals surface area (Å²) in [6.45, 7) is 4.63. The van der Waals surface area contributed by atoms with Crippen LogP contribution in [-0.4, -0.2) is 0 Å². The van der Waals surface area contributed by atoms with Gasteiger partial charge < -0.3 is 0 Å². The lowest BCUT2D eigenvalue weighted by atomic mass is 9.91. The average Bonchev–Trinajstić information content (AvgIpc) is 3.78. The van der Waals surface area contributed by atoms with Crippen LogP contribution in [0.1, 0.15) is 121 Å². The van der Waals surface area contributed by atoms with Gasteiger partial charge in [-0.3, -0.25) is 0 Å². The number of halogens is 1. The molecule has 0 radical (unpaired) electrons. The van der Waals surface area contributed by atoms with Crippen LogP contribution in [0.3, 0.4) is 0 Å². The molecule has 0 spiro atoms. The molecule has 224 valence electrons. The van der Waals surface area contributed by atoms with Gasteiger partial charge in [0.1, 0.15) is 0 Å². The van der Waals surface area contributed by atoms with Crippen molar-refractivity contribution in [3.8, 4) is 29.3 Å². The number of thiophene rings is 4. The van der Waals surface area contributed by atoms with Gasteiger partial charge in [-0.1, -0.05) is 117 Å². The summed E-state index contributed by atoms with van der Waals surface area (Å²) in [5.41, 5.74) is 0. The minimum atomic E-state index is 0.855. The van der Waals surface area contributed by atoms with Gasteiger partial charge in [-0.05, 0) is 76.8 Å². The zero-order valence-electron chi connectivity index (χ0n) is 25.2. The first-order valence-corrected chi connectivity index (χ1v) is 20.3. The summed E-state index contributed by atoms with van der Waals surface area (Å²) in [5.74, 6) is 0.855. The molecule has 4 aromatic rings. The molecule has 4 aromatic heterocycles. The molecule has 0 bridgehead atoms. The fraction of sp³-hybridized carbons (Fsp3) is 0.556. The second-order valence-electron chi connectivity index (χ2n) is 11.6. The fourth-order valence-corrected chi connectivity index (χ4v) is 10.5. The van der Waals surface area contributed by atoms with E-state index in [2.05, 4.69) is 78.3 Å². The first-order chi connectivity index (χ1) is 20.2. The van der Waals surface area contributed by atoms with Gasteiger partial charge in [0.2, 0.25) is 0 Å². The lowest BCUT2D eigenvalue weighted by Gasteiger charge is -2.16. The summed E-state index contributed by atoms with van der Waals surface area (Å²) in [4.78, 5) is 9.92. The highest BCUT2D eigenvalue weighted by Crippen LogP contribution is 2.43. The molecule has 4 rings (SSSR count). The molecule has 0 saturated heterocycles. The molecule has 4 heterocycles. The standard InChI is InChI=1S/C36H49BrS4/c1-3-5-7-9-11-12-14-16-18-28(17-15-13-10-8-6-4-2)27-29-19-20-30(38-29)31-21-22-32(39-31)33-23-24-34(40-33)35-25-26-36(37)41-35/h19-26,28H,3-18,27H2,1-2H3. The topological polar surface area (TPSA) is 0 Å². The van der Waals surface area contributed by atoms with E-state index in [-0.39, 0.29) is 0 Å². The van der Waals surface area contributed by atoms with Crippen molar-refractivity contribution in [3.05, 3.63) is 57.2 Å². The van der Waals surface area contributed by atoms with Crippen LogP contribution in [0.15, 0.2) is 52.3 Å². The summed E-state index contributed by atoms with van der Waals surface area (Å²) < 4.78 is 1.20. The molecule has 1 unspecified atom stereocenters. The summed E-state index contributed by atoms with van der Waals surface area (Å²) in [7, 11) is 0. The van der Waals surface area contributed by atoms with Crippen LogP contribution in [0.2, 0.25) is 0 Å². The Morgan fingerprint density at radius 3 is 1.32 bits per heavy atom. The Balaban J connectivity index is 1.30. The molecule has 0 aliphatic carbocycles. The van der Waals surface area contributed by atoms with Crippen LogP contribution < -0.4 is 0 Å². The SMILES string of the molecule is CCCCCCCCCCC(CCCCCCCC)Cc1ccc(-c2ccc(-c3ccc(-c4ccc(Br)s4)s3)s2)s1. The normalized spacial score (nSPS) is 12.4. The first kappa shape index (κ1) is 33.2. The van der Waals surface area contributed by atoms with Gasteiger partial charge in [-0.25, -0.2) is 0 Å². The third-order valence-electron chi connectivity index (χ3n) is 8.10. The van der Waals surface area contributed by atoms with Gasteiger partial charge >= 0.3 is 0 Å². The molecule has 0 N–H and O–H groups in total. The molecular weight excluding hydrogens is 641 g/mol. The van der Waals surface area contributed by atoms with E-state index in [0.29, 0.717) is 0 Å². The van der Waals surface area contributed by atoms with Gasteiger partial charge in [0, 0.05) is 34.1 Å². The second-order valence-corrected chi connectivity index (χ2v) is 17.4. The zero-order chi connectivity index (χ0) is 28.7. The molecule has 0 aliphatic heterocycles. The quantitative estimate of drug-likeness (QED) is 0.0764. The third kappa shape index (κ3) is 11.4. The van der Waals surface area contributed by atoms with Crippen molar-refractivity contribution >= 4 is 61.3 Å². The van der Waals surface area contributed by atoms with Crippen molar-refractivity contribution in [1.82, 2.24) is 0 Å². The van der Waals surface area contributed by atoms with Crippen LogP contribution in [0.25, 0.3) is 29.3 Å². The van der Waals surface area contributed by atoms with Crippen LogP contribution in [0.4, 0.5) is 0 Å². The maximum atomic E-state index is 3.60. The van der Waals surface area contributed by atoms with E-state index in [0.717, 1.165) is 5.92 Å². The maximum absolute atomic E-state index is 3.60. The molecule has 0 fully saturated rings. The van der Waals surface area contributed by atoms with Crippen LogP contribution in [0.5, 0.6) is 0 Å². The van der Waals surface area contributed by atoms with E-state index in [1.165, 1.54) is 142 Å². The van der Waals surface area contributed by atoms with E-state index in [1.54, 1.807) is 4.88 Å². The molecule has 0 aromatic carbocycles. The molecule has 0 amide bonds. The maximum Gasteiger partial charge on any atom is 0.0705 e. The largest absolute Gasteiger partial charge is 0.139 e. The first-order valence-electron chi connectivity index (χ1n) is 16.2. The van der Waals surface area contributed by atoms with Crippen molar-refractivity contribution in [2.24, 2.45) is 5.92 Å². The zero-order valence-corrected chi connectivity index (χ0v) is 30.1. The third-order valence-corrected chi connectivity index (χ3v) is 13.6. The molecular formula is C36H49BrS4. The monoisotopic (exact) mass is 688 g/mol. The molecule has 1 atom stereocenters. The Labute approximate surface area is 274 Å². The van der Waals surface area contributed by atoms with Crippen LogP contribution in [-0.2, 0) is 6.42 Å². The second kappa shape index (κ2) is 18.8. The molecule has 5 heteroatoms. The van der Waals surface area contributed by atoms with Crippen molar-refractivity contribution < 1.29 is 0 Å². The number of hydrogen-bond acceptors (Lipinski definition) is 4. The lowest BCUT2D eigenvalue weighted by Crippen LogP contribution is -2.04. The lowest BCUT2D eigenvalue weighted by molar-refractivity contribution is 0.402. The van der Waals surface area contributed by atoms with E-state index < -0.39 is 0 Å². The van der Waals surface area contributed by atoms with Gasteiger partial charge in [0.15, 0.2) is 0 Å². The molecule has 0 saturated carbocycles. The Bertz CT molecular complexity index is 1240. The van der Waals surface area contributed by atoms with Gasteiger partial charge in [-0.15, -0.1) is 45.3 Å². The number of unbranched alkanes of at least 4 members (excludes halogenated alkanes) is 12. The summed E-state index contributed by atoms with van der Waals surface area (Å²) in [5, 5.41) is 0. The minimum Gasteiger partial charge on any atom is -0.139 e. The van der Waals surface area contributed by atoms with E-state index >= 15 is 0 Å². The van der Waals surface area contributed by atoms with Crippen molar-refractivity contribution in [2.45, 2.75) is 123 Å². The fourth-order valence-electron chi connectivity index (χ4n) is 5.69. The number of rotatable bonds is 21. The average molecular weight is 690 g/mol. The van der Waals surface area contributed by atoms with E-state index in [4.69, 9.17) is 0 Å². The predicted molar refractivity (Wildman–Crippen MR) is 194 cm³/mol. The summed E-state index contributed by atoms with van der Waals surface area (Å²) >= 11 is 11.3. The highest BCUT2D eigenvalue weighted by molar-refractivity contribution is 9.11. The minimum absolute atomic E-state index is 0.855. The Morgan fingerprint density at radius 2 is 0.854 bits per heavy atom. The molecule has 0 nitrogen and oxygen atoms in total. The Morgan fingerprint density at radius 1 is 0.463 bits per heavy atom. The van der Waals surface area contributed by atoms with Crippen molar-refractivity contribution in [2.75, 3.05) is 0 Å². The smallest absolute Gasteiger partial charge is 0.0705 e. The van der Waals surface area contributed by atoms with E-state index in [1.807, 2.05) is 45.3 Å². The van der Waals surface area contributed by atoms with Crippen LogP contribution in [0, 0.1) is 5.92 Å². The Hall–Kier alpha value is -0.720. The summed E-state index contributed by atoms with van der Waals surface area (Å²) in [6.07, 6.45) is 23.9. The highest BCUT2D eigenvalue weighted by atomic mass is 79.9. The van der Waals surface area contributed by atoms with Crippen molar-refractivity contribution in [3.63, 3.8) is 0 Å². The van der Waals surface area contributed by atoms with Gasteiger partial charge in [0.05, 0.1) is 3.79 Å². The van der Waals surface area contributed by atoms with Crippen LogP contribution >= 0.6 is 61.3 Å². The summed E-state index contributed by atoms with van der Waals surface area (Å²) in [6, 6.07) is 18.4.